The van der Waals surface area contributed by atoms with Crippen molar-refractivity contribution in [3.8, 4) is 0 Å². The molecule has 1 amide bonds. The van der Waals surface area contributed by atoms with Crippen molar-refractivity contribution in [2.75, 3.05) is 31.2 Å². The number of hydrogen-bond acceptors (Lipinski definition) is 5. The van der Waals surface area contributed by atoms with Crippen LogP contribution in [0.4, 0.5) is 5.82 Å². The standard InChI is InChI=1S/C19H27N3O4/c23-18(21-17(19(24)25)15-6-5-11-26-13-15)14-7-8-16(20-12-14)22-9-3-1-2-4-10-22/h7-8,12,15,17H,1-6,9-11,13H2,(H,21,23)(H,24,25). The fraction of sp³-hybridized carbons (Fsp3) is 0.632. The molecule has 2 N–H and O–H groups in total. The van der Waals surface area contributed by atoms with E-state index < -0.39 is 17.9 Å². The predicted octanol–water partition coefficient (Wildman–Crippen LogP) is 2.07. The molecule has 1 aromatic rings. The lowest BCUT2D eigenvalue weighted by atomic mass is 9.93. The van der Waals surface area contributed by atoms with Gasteiger partial charge < -0.3 is 20.1 Å². The van der Waals surface area contributed by atoms with Crippen LogP contribution in [-0.4, -0.2) is 54.3 Å². The maximum Gasteiger partial charge on any atom is 0.326 e. The molecule has 142 valence electrons. The maximum atomic E-state index is 12.5. The summed E-state index contributed by atoms with van der Waals surface area (Å²) in [5.41, 5.74) is 0.381. The number of carbonyl (C=O) groups excluding carboxylic acids is 1. The average Bonchev–Trinajstić information content (AvgIpc) is 2.96. The average molecular weight is 361 g/mol. The van der Waals surface area contributed by atoms with E-state index in [0.29, 0.717) is 18.8 Å². The smallest absolute Gasteiger partial charge is 0.326 e. The topological polar surface area (TPSA) is 91.8 Å². The number of amides is 1. The second-order valence-electron chi connectivity index (χ2n) is 7.07. The molecule has 0 radical (unpaired) electrons. The van der Waals surface area contributed by atoms with E-state index in [0.717, 1.165) is 44.6 Å². The zero-order valence-corrected chi connectivity index (χ0v) is 15.0. The highest BCUT2D eigenvalue weighted by atomic mass is 16.5. The monoisotopic (exact) mass is 361 g/mol. The number of pyridine rings is 1. The highest BCUT2D eigenvalue weighted by molar-refractivity contribution is 5.96. The van der Waals surface area contributed by atoms with Gasteiger partial charge in [-0.2, -0.15) is 0 Å². The number of aliphatic carboxylic acids is 1. The van der Waals surface area contributed by atoms with Crippen molar-refractivity contribution in [1.82, 2.24) is 10.3 Å². The summed E-state index contributed by atoms with van der Waals surface area (Å²) < 4.78 is 5.36. The number of hydrogen-bond donors (Lipinski definition) is 2. The molecule has 2 saturated heterocycles. The first-order valence-electron chi connectivity index (χ1n) is 9.47. The van der Waals surface area contributed by atoms with Crippen LogP contribution in [0.25, 0.3) is 0 Å². The predicted molar refractivity (Wildman–Crippen MR) is 97.4 cm³/mol. The number of nitrogens with one attached hydrogen (secondary N) is 1. The molecule has 7 heteroatoms. The molecule has 0 spiro atoms. The molecule has 7 nitrogen and oxygen atoms in total. The molecule has 26 heavy (non-hydrogen) atoms. The van der Waals surface area contributed by atoms with E-state index >= 15 is 0 Å². The zero-order valence-electron chi connectivity index (χ0n) is 15.0. The van der Waals surface area contributed by atoms with Gasteiger partial charge in [0.2, 0.25) is 0 Å². The van der Waals surface area contributed by atoms with Gasteiger partial charge in [-0.1, -0.05) is 12.8 Å². The maximum absolute atomic E-state index is 12.5. The Hall–Kier alpha value is -2.15. The van der Waals surface area contributed by atoms with Crippen LogP contribution in [-0.2, 0) is 9.53 Å². The summed E-state index contributed by atoms with van der Waals surface area (Å²) in [7, 11) is 0. The van der Waals surface area contributed by atoms with Gasteiger partial charge in [-0.25, -0.2) is 9.78 Å². The Balaban J connectivity index is 1.63. The lowest BCUT2D eigenvalue weighted by Gasteiger charge is -2.28. The summed E-state index contributed by atoms with van der Waals surface area (Å²) >= 11 is 0. The molecule has 2 aliphatic rings. The lowest BCUT2D eigenvalue weighted by molar-refractivity contribution is -0.142. The van der Waals surface area contributed by atoms with Gasteiger partial charge in [0.1, 0.15) is 11.9 Å². The van der Waals surface area contributed by atoms with E-state index in [1.807, 2.05) is 6.07 Å². The lowest BCUT2D eigenvalue weighted by Crippen LogP contribution is -2.48. The van der Waals surface area contributed by atoms with Crippen molar-refractivity contribution in [3.05, 3.63) is 23.9 Å². The number of aromatic nitrogens is 1. The summed E-state index contributed by atoms with van der Waals surface area (Å²) in [6.45, 7) is 2.99. The first-order valence-corrected chi connectivity index (χ1v) is 9.47. The number of ether oxygens (including phenoxy) is 1. The minimum atomic E-state index is -1.03. The summed E-state index contributed by atoms with van der Waals surface area (Å²) in [5, 5.41) is 12.1. The molecule has 0 aliphatic carbocycles. The molecule has 2 atom stereocenters. The normalized spacial score (nSPS) is 22.3. The van der Waals surface area contributed by atoms with Gasteiger partial charge in [0.05, 0.1) is 12.2 Å². The molecule has 0 aromatic carbocycles. The van der Waals surface area contributed by atoms with Crippen LogP contribution in [0.15, 0.2) is 18.3 Å². The van der Waals surface area contributed by atoms with E-state index in [4.69, 9.17) is 4.74 Å². The van der Waals surface area contributed by atoms with Crippen LogP contribution in [0.1, 0.15) is 48.9 Å². The summed E-state index contributed by atoms with van der Waals surface area (Å²) in [6.07, 6.45) is 7.91. The van der Waals surface area contributed by atoms with Crippen molar-refractivity contribution in [2.24, 2.45) is 5.92 Å². The Morgan fingerprint density at radius 2 is 1.96 bits per heavy atom. The van der Waals surface area contributed by atoms with Gasteiger partial charge in [-0.3, -0.25) is 4.79 Å². The van der Waals surface area contributed by atoms with Gasteiger partial charge in [-0.05, 0) is 37.8 Å². The Kier molecular flexibility index (Phi) is 6.44. The third-order valence-corrected chi connectivity index (χ3v) is 5.16. The van der Waals surface area contributed by atoms with Crippen molar-refractivity contribution in [2.45, 2.75) is 44.6 Å². The largest absolute Gasteiger partial charge is 0.480 e. The number of rotatable bonds is 5. The number of nitrogens with zero attached hydrogens (tertiary/aromatic N) is 2. The minimum absolute atomic E-state index is 0.200. The molecule has 0 saturated carbocycles. The van der Waals surface area contributed by atoms with Gasteiger partial charge >= 0.3 is 5.97 Å². The summed E-state index contributed by atoms with van der Waals surface area (Å²) in [6, 6.07) is 2.63. The van der Waals surface area contributed by atoms with Crippen LogP contribution >= 0.6 is 0 Å². The van der Waals surface area contributed by atoms with Crippen molar-refractivity contribution in [3.63, 3.8) is 0 Å². The van der Waals surface area contributed by atoms with Crippen LogP contribution in [0.5, 0.6) is 0 Å². The molecular formula is C19H27N3O4. The SMILES string of the molecule is O=C(NC(C(=O)O)C1CCCOC1)c1ccc(N2CCCCCC2)nc1. The van der Waals surface area contributed by atoms with Gasteiger partial charge in [0.15, 0.2) is 0 Å². The zero-order chi connectivity index (χ0) is 18.4. The minimum Gasteiger partial charge on any atom is -0.480 e. The van der Waals surface area contributed by atoms with Crippen molar-refractivity contribution >= 4 is 17.7 Å². The number of carboxylic acid groups (broad SMARTS) is 1. The van der Waals surface area contributed by atoms with E-state index in [9.17, 15) is 14.7 Å². The summed E-state index contributed by atoms with van der Waals surface area (Å²) in [4.78, 5) is 30.7. The fourth-order valence-corrected chi connectivity index (χ4v) is 3.64. The first kappa shape index (κ1) is 18.6. The van der Waals surface area contributed by atoms with Gasteiger partial charge in [0, 0.05) is 31.8 Å². The highest BCUT2D eigenvalue weighted by Gasteiger charge is 2.31. The van der Waals surface area contributed by atoms with Crippen LogP contribution in [0.2, 0.25) is 0 Å². The van der Waals surface area contributed by atoms with E-state index in [2.05, 4.69) is 15.2 Å². The van der Waals surface area contributed by atoms with Crippen LogP contribution < -0.4 is 10.2 Å². The molecule has 2 unspecified atom stereocenters. The van der Waals surface area contributed by atoms with E-state index in [-0.39, 0.29) is 5.92 Å². The summed E-state index contributed by atoms with van der Waals surface area (Å²) in [5.74, 6) is -0.755. The molecule has 1 aromatic heterocycles. The molecule has 3 rings (SSSR count). The molecular weight excluding hydrogens is 334 g/mol. The Labute approximate surface area is 153 Å². The van der Waals surface area contributed by atoms with E-state index in [1.54, 1.807) is 6.07 Å². The first-order chi connectivity index (χ1) is 12.6. The molecule has 2 aliphatic heterocycles. The third-order valence-electron chi connectivity index (χ3n) is 5.16. The van der Waals surface area contributed by atoms with Gasteiger partial charge in [-0.15, -0.1) is 0 Å². The molecule has 3 heterocycles. The van der Waals surface area contributed by atoms with Gasteiger partial charge in [0.25, 0.3) is 5.91 Å². The Morgan fingerprint density at radius 3 is 2.54 bits per heavy atom. The molecule has 0 bridgehead atoms. The van der Waals surface area contributed by atoms with Crippen molar-refractivity contribution < 1.29 is 19.4 Å². The Morgan fingerprint density at radius 1 is 1.19 bits per heavy atom. The quantitative estimate of drug-likeness (QED) is 0.834. The Bertz CT molecular complexity index is 606. The fourth-order valence-electron chi connectivity index (χ4n) is 3.64. The second-order valence-corrected chi connectivity index (χ2v) is 7.07. The number of anilines is 1. The molecule has 2 fully saturated rings. The highest BCUT2D eigenvalue weighted by Crippen LogP contribution is 2.20. The number of carbonyl (C=O) groups is 2. The number of carboxylic acids is 1. The second kappa shape index (κ2) is 8.98. The van der Waals surface area contributed by atoms with Crippen LogP contribution in [0.3, 0.4) is 0 Å². The van der Waals surface area contributed by atoms with E-state index in [1.165, 1.54) is 19.0 Å². The van der Waals surface area contributed by atoms with Crippen molar-refractivity contribution in [1.29, 1.82) is 0 Å². The van der Waals surface area contributed by atoms with Crippen LogP contribution in [0, 0.1) is 5.92 Å². The third kappa shape index (κ3) is 4.72.